The summed E-state index contributed by atoms with van der Waals surface area (Å²) in [4.78, 5) is 29.0. The van der Waals surface area contributed by atoms with E-state index in [2.05, 4.69) is 15.6 Å². The summed E-state index contributed by atoms with van der Waals surface area (Å²) >= 11 is 0. The Kier molecular flexibility index (Phi) is 9.77. The summed E-state index contributed by atoms with van der Waals surface area (Å²) in [7, 11) is 0. The maximum absolute atomic E-state index is 13.0. The molecule has 0 atom stereocenters. The van der Waals surface area contributed by atoms with Crippen LogP contribution in [0.25, 0.3) is 22.8 Å². The highest BCUT2D eigenvalue weighted by atomic mass is 19.4. The number of ether oxygens (including phenoxy) is 1. The third-order valence-corrected chi connectivity index (χ3v) is 5.64. The second-order valence-corrected chi connectivity index (χ2v) is 10.2. The van der Waals surface area contributed by atoms with E-state index in [9.17, 15) is 22.8 Å². The van der Waals surface area contributed by atoms with E-state index in [0.717, 1.165) is 43.4 Å². The fourth-order valence-corrected chi connectivity index (χ4v) is 3.78. The molecule has 3 rings (SSSR count). The van der Waals surface area contributed by atoms with Gasteiger partial charge in [-0.3, -0.25) is 4.79 Å². The number of carbonyl (C=O) groups excluding carboxylic acids is 2. The highest BCUT2D eigenvalue weighted by Crippen LogP contribution is 2.33. The zero-order valence-electron chi connectivity index (χ0n) is 22.6. The van der Waals surface area contributed by atoms with Crippen LogP contribution in [0.3, 0.4) is 0 Å². The van der Waals surface area contributed by atoms with Crippen LogP contribution in [0.4, 0.5) is 18.0 Å². The van der Waals surface area contributed by atoms with E-state index >= 15 is 0 Å². The van der Waals surface area contributed by atoms with E-state index in [1.54, 1.807) is 26.8 Å². The molecule has 3 aromatic rings. The zero-order chi connectivity index (χ0) is 28.6. The predicted molar refractivity (Wildman–Crippen MR) is 142 cm³/mol. The van der Waals surface area contributed by atoms with Gasteiger partial charge in [0.05, 0.1) is 5.56 Å². The lowest BCUT2D eigenvalue weighted by atomic mass is 10.1. The third kappa shape index (κ3) is 9.15. The molecule has 0 saturated carbocycles. The van der Waals surface area contributed by atoms with Crippen molar-refractivity contribution in [2.75, 3.05) is 13.1 Å². The molecule has 1 aromatic heterocycles. The smallest absolute Gasteiger partial charge is 0.416 e. The van der Waals surface area contributed by atoms with Gasteiger partial charge in [-0.15, -0.1) is 0 Å². The van der Waals surface area contributed by atoms with Crippen LogP contribution < -0.4 is 10.6 Å². The first-order valence-electron chi connectivity index (χ1n) is 12.8. The lowest BCUT2D eigenvalue weighted by Gasteiger charge is -2.19. The van der Waals surface area contributed by atoms with Gasteiger partial charge in [-0.25, -0.2) is 9.78 Å². The fraction of sp³-hybridized carbons (Fsp3) is 0.414. The van der Waals surface area contributed by atoms with Gasteiger partial charge < -0.3 is 19.8 Å². The van der Waals surface area contributed by atoms with Crippen molar-refractivity contribution in [2.24, 2.45) is 0 Å². The number of hydrogen-bond acceptors (Lipinski definition) is 5. The number of aromatic nitrogens is 1. The van der Waals surface area contributed by atoms with Crippen LogP contribution >= 0.6 is 0 Å². The quantitative estimate of drug-likeness (QED) is 0.264. The SMILES string of the molecule is Cc1cccc(-c2oc(-c3ccc(C(F)(F)F)cc3)nc2C(=O)NCCCCCCNC(=O)OC(C)(C)C)c1. The molecule has 0 bridgehead atoms. The molecular weight excluding hydrogens is 511 g/mol. The van der Waals surface area contributed by atoms with Gasteiger partial charge in [-0.05, 0) is 70.9 Å². The first-order valence-corrected chi connectivity index (χ1v) is 12.8. The van der Waals surface area contributed by atoms with Crippen LogP contribution in [0.1, 0.15) is 68.1 Å². The predicted octanol–water partition coefficient (Wildman–Crippen LogP) is 7.15. The van der Waals surface area contributed by atoms with Crippen LogP contribution in [0.5, 0.6) is 0 Å². The van der Waals surface area contributed by atoms with E-state index in [-0.39, 0.29) is 17.3 Å². The van der Waals surface area contributed by atoms with Crippen molar-refractivity contribution < 1.29 is 31.9 Å². The lowest BCUT2D eigenvalue weighted by Crippen LogP contribution is -2.33. The van der Waals surface area contributed by atoms with Gasteiger partial charge in [0.25, 0.3) is 5.91 Å². The molecule has 39 heavy (non-hydrogen) atoms. The molecule has 1 heterocycles. The summed E-state index contributed by atoms with van der Waals surface area (Å²) in [5.74, 6) is -0.123. The highest BCUT2D eigenvalue weighted by Gasteiger charge is 2.30. The van der Waals surface area contributed by atoms with Gasteiger partial charge in [0.1, 0.15) is 5.60 Å². The lowest BCUT2D eigenvalue weighted by molar-refractivity contribution is -0.137. The Morgan fingerprint density at radius 2 is 1.54 bits per heavy atom. The van der Waals surface area contributed by atoms with Crippen molar-refractivity contribution in [3.8, 4) is 22.8 Å². The number of alkyl carbamates (subject to hydrolysis) is 1. The largest absolute Gasteiger partial charge is 0.444 e. The summed E-state index contributed by atoms with van der Waals surface area (Å²) in [5, 5.41) is 5.57. The van der Waals surface area contributed by atoms with Crippen molar-refractivity contribution in [3.63, 3.8) is 0 Å². The Balaban J connectivity index is 1.59. The minimum atomic E-state index is -4.46. The van der Waals surface area contributed by atoms with Crippen LogP contribution in [-0.2, 0) is 10.9 Å². The molecule has 7 nitrogen and oxygen atoms in total. The minimum Gasteiger partial charge on any atom is -0.444 e. The first-order chi connectivity index (χ1) is 18.3. The second kappa shape index (κ2) is 12.8. The van der Waals surface area contributed by atoms with E-state index in [4.69, 9.17) is 9.15 Å². The number of rotatable bonds is 10. The second-order valence-electron chi connectivity index (χ2n) is 10.2. The monoisotopic (exact) mass is 545 g/mol. The molecule has 0 aliphatic rings. The first kappa shape index (κ1) is 29.7. The molecule has 2 N–H and O–H groups in total. The van der Waals surface area contributed by atoms with Crippen LogP contribution in [-0.4, -0.2) is 35.7 Å². The standard InChI is InChI=1S/C29H34F3N3O4/c1-19-10-9-11-21(18-19)24-23(35-26(38-24)20-12-14-22(15-13-20)29(30,31)32)25(36)33-16-7-5-6-8-17-34-27(37)39-28(2,3)4/h9-15,18H,5-8,16-17H2,1-4H3,(H,33,36)(H,34,37). The molecule has 10 heteroatoms. The molecule has 210 valence electrons. The Morgan fingerprint density at radius 1 is 0.897 bits per heavy atom. The molecular formula is C29H34F3N3O4. The van der Waals surface area contributed by atoms with Crippen molar-refractivity contribution in [3.05, 3.63) is 65.4 Å². The van der Waals surface area contributed by atoms with Gasteiger partial charge >= 0.3 is 12.3 Å². The van der Waals surface area contributed by atoms with Gasteiger partial charge in [0.2, 0.25) is 5.89 Å². The molecule has 0 aliphatic heterocycles. The number of nitrogens with one attached hydrogen (secondary N) is 2. The minimum absolute atomic E-state index is 0.0582. The average molecular weight is 546 g/mol. The van der Waals surface area contributed by atoms with Crippen LogP contribution in [0, 0.1) is 6.92 Å². The number of oxazole rings is 1. The number of carbonyl (C=O) groups is 2. The fourth-order valence-electron chi connectivity index (χ4n) is 3.78. The van der Waals surface area contributed by atoms with Crippen molar-refractivity contribution in [1.29, 1.82) is 0 Å². The summed E-state index contributed by atoms with van der Waals surface area (Å²) in [6.07, 6.45) is -1.69. The van der Waals surface area contributed by atoms with Crippen molar-refractivity contribution in [2.45, 2.75) is 65.2 Å². The Hall–Kier alpha value is -3.82. The third-order valence-electron chi connectivity index (χ3n) is 5.64. The summed E-state index contributed by atoms with van der Waals surface area (Å²) < 4.78 is 50.0. The van der Waals surface area contributed by atoms with Gasteiger partial charge in [-0.1, -0.05) is 36.6 Å². The number of nitrogens with zero attached hydrogens (tertiary/aromatic N) is 1. The molecule has 0 spiro atoms. The van der Waals surface area contributed by atoms with Crippen LogP contribution in [0.2, 0.25) is 0 Å². The molecule has 0 radical (unpaired) electrons. The number of aryl methyl sites for hydroxylation is 1. The molecule has 2 aromatic carbocycles. The Labute approximate surface area is 226 Å². The number of hydrogen-bond donors (Lipinski definition) is 2. The summed E-state index contributed by atoms with van der Waals surface area (Å²) in [6.45, 7) is 8.23. The normalized spacial score (nSPS) is 11.8. The molecule has 0 fully saturated rings. The number of unbranched alkanes of at least 4 members (excludes halogenated alkanes) is 3. The summed E-state index contributed by atoms with van der Waals surface area (Å²) in [5.41, 5.74) is 0.670. The van der Waals surface area contributed by atoms with E-state index < -0.39 is 29.3 Å². The van der Waals surface area contributed by atoms with Crippen molar-refractivity contribution >= 4 is 12.0 Å². The Morgan fingerprint density at radius 3 is 2.13 bits per heavy atom. The maximum Gasteiger partial charge on any atom is 0.416 e. The zero-order valence-corrected chi connectivity index (χ0v) is 22.6. The van der Waals surface area contributed by atoms with E-state index in [1.807, 2.05) is 25.1 Å². The van der Waals surface area contributed by atoms with Gasteiger partial charge in [0.15, 0.2) is 11.5 Å². The van der Waals surface area contributed by atoms with Gasteiger partial charge in [-0.2, -0.15) is 13.2 Å². The molecule has 0 unspecified atom stereocenters. The average Bonchev–Trinajstić information content (AvgIpc) is 3.30. The van der Waals surface area contributed by atoms with Gasteiger partial charge in [0, 0.05) is 24.2 Å². The van der Waals surface area contributed by atoms with Crippen molar-refractivity contribution in [1.82, 2.24) is 15.6 Å². The molecule has 2 amide bonds. The Bertz CT molecular complexity index is 1260. The number of amides is 2. The highest BCUT2D eigenvalue weighted by molar-refractivity contribution is 5.98. The number of halogens is 3. The molecule has 0 aliphatic carbocycles. The topological polar surface area (TPSA) is 93.5 Å². The van der Waals surface area contributed by atoms with Crippen LogP contribution in [0.15, 0.2) is 52.9 Å². The number of benzene rings is 2. The van der Waals surface area contributed by atoms with E-state index in [1.165, 1.54) is 12.1 Å². The van der Waals surface area contributed by atoms with E-state index in [0.29, 0.717) is 24.2 Å². The number of alkyl halides is 3. The summed E-state index contributed by atoms with van der Waals surface area (Å²) in [6, 6.07) is 11.8. The molecule has 0 saturated heterocycles. The maximum atomic E-state index is 13.0.